The van der Waals surface area contributed by atoms with Crippen LogP contribution in [0.4, 0.5) is 0 Å². The fraction of sp³-hybridized carbons (Fsp3) is 0.647. The molecule has 0 aromatic carbocycles. The monoisotopic (exact) mass is 339 g/mol. The van der Waals surface area contributed by atoms with E-state index in [1.54, 1.807) is 18.0 Å². The van der Waals surface area contributed by atoms with Crippen LogP contribution in [0.1, 0.15) is 43.8 Å². The number of likely N-dealkylation sites (N-methyl/N-ethyl adjacent to an activating group) is 1. The molecule has 0 aliphatic carbocycles. The van der Waals surface area contributed by atoms with Gasteiger partial charge in [0.2, 0.25) is 5.91 Å². The van der Waals surface area contributed by atoms with E-state index >= 15 is 0 Å². The highest BCUT2D eigenvalue weighted by atomic mass is 32.1. The Balaban J connectivity index is 2.65. The Kier molecular flexibility index (Phi) is 7.72. The number of hydrogen-bond donors (Lipinski definition) is 2. The molecule has 3 N–H and O–H groups in total. The first-order valence-electron chi connectivity index (χ1n) is 8.09. The summed E-state index contributed by atoms with van der Waals surface area (Å²) in [6, 6.07) is 3.13. The Labute approximate surface area is 143 Å². The molecular weight excluding hydrogens is 310 g/mol. The minimum atomic E-state index is -0.523. The van der Waals surface area contributed by atoms with Gasteiger partial charge in [0, 0.05) is 19.6 Å². The molecule has 0 saturated heterocycles. The smallest absolute Gasteiger partial charge is 0.262 e. The van der Waals surface area contributed by atoms with Crippen molar-refractivity contribution in [1.29, 1.82) is 0 Å². The van der Waals surface area contributed by atoms with Gasteiger partial charge in [0.15, 0.2) is 0 Å². The molecule has 0 bridgehead atoms. The molecule has 6 heteroatoms. The molecule has 2 unspecified atom stereocenters. The van der Waals surface area contributed by atoms with Crippen LogP contribution in [0.3, 0.4) is 0 Å². The van der Waals surface area contributed by atoms with Crippen molar-refractivity contribution < 1.29 is 9.59 Å². The summed E-state index contributed by atoms with van der Waals surface area (Å²) in [5.41, 5.74) is 6.04. The number of hydrogen-bond acceptors (Lipinski definition) is 4. The van der Waals surface area contributed by atoms with Crippen molar-refractivity contribution >= 4 is 23.2 Å². The second kappa shape index (κ2) is 9.03. The normalized spacial score (nSPS) is 13.9. The van der Waals surface area contributed by atoms with Gasteiger partial charge in [-0.15, -0.1) is 11.3 Å². The molecule has 1 rings (SSSR count). The van der Waals surface area contributed by atoms with Crippen LogP contribution in [0, 0.1) is 11.8 Å². The first kappa shape index (κ1) is 19.6. The summed E-state index contributed by atoms with van der Waals surface area (Å²) in [5, 5.41) is 4.71. The Morgan fingerprint density at radius 2 is 1.91 bits per heavy atom. The quantitative estimate of drug-likeness (QED) is 0.763. The minimum absolute atomic E-state index is 0.0210. The summed E-state index contributed by atoms with van der Waals surface area (Å²) in [4.78, 5) is 27.1. The Morgan fingerprint density at radius 1 is 1.26 bits per heavy atom. The van der Waals surface area contributed by atoms with Gasteiger partial charge in [-0.1, -0.05) is 33.8 Å². The molecule has 0 radical (unpaired) electrons. The standard InChI is InChI=1S/C17H29N3O2S/c1-11(2)13(18)8-9-20(5)17(22)15(12(3)4)19-16(21)14-7-6-10-23-14/h6-7,10-13,15H,8-9,18H2,1-5H3,(H,19,21). The zero-order chi connectivity index (χ0) is 17.6. The average molecular weight is 340 g/mol. The van der Waals surface area contributed by atoms with Crippen molar-refractivity contribution in [2.24, 2.45) is 17.6 Å². The molecule has 0 spiro atoms. The Bertz CT molecular complexity index is 500. The second-order valence-electron chi connectivity index (χ2n) is 6.63. The molecule has 0 aliphatic heterocycles. The number of nitrogens with two attached hydrogens (primary N) is 1. The van der Waals surface area contributed by atoms with E-state index in [0.717, 1.165) is 6.42 Å². The third-order valence-electron chi connectivity index (χ3n) is 3.99. The molecule has 23 heavy (non-hydrogen) atoms. The van der Waals surface area contributed by atoms with Crippen LogP contribution < -0.4 is 11.1 Å². The largest absolute Gasteiger partial charge is 0.344 e. The summed E-state index contributed by atoms with van der Waals surface area (Å²) in [6.45, 7) is 8.61. The van der Waals surface area contributed by atoms with E-state index in [1.165, 1.54) is 11.3 Å². The molecule has 130 valence electrons. The van der Waals surface area contributed by atoms with E-state index in [-0.39, 0.29) is 23.8 Å². The molecule has 1 aromatic heterocycles. The van der Waals surface area contributed by atoms with Crippen molar-refractivity contribution in [3.63, 3.8) is 0 Å². The molecule has 5 nitrogen and oxygen atoms in total. The lowest BCUT2D eigenvalue weighted by Gasteiger charge is -2.28. The van der Waals surface area contributed by atoms with Crippen LogP contribution in [0.2, 0.25) is 0 Å². The number of nitrogens with zero attached hydrogens (tertiary/aromatic N) is 1. The van der Waals surface area contributed by atoms with Crippen molar-refractivity contribution in [3.8, 4) is 0 Å². The molecular formula is C17H29N3O2S. The third kappa shape index (κ3) is 5.95. The summed E-state index contributed by atoms with van der Waals surface area (Å²) in [6.07, 6.45) is 0.754. The predicted octanol–water partition coefficient (Wildman–Crippen LogP) is 2.33. The van der Waals surface area contributed by atoms with E-state index in [2.05, 4.69) is 19.2 Å². The molecule has 0 saturated carbocycles. The maximum atomic E-state index is 12.6. The number of nitrogens with one attached hydrogen (secondary N) is 1. The van der Waals surface area contributed by atoms with Crippen LogP contribution in [0.25, 0.3) is 0 Å². The van der Waals surface area contributed by atoms with Crippen molar-refractivity contribution in [2.75, 3.05) is 13.6 Å². The number of rotatable bonds is 8. The fourth-order valence-corrected chi connectivity index (χ4v) is 2.78. The van der Waals surface area contributed by atoms with E-state index < -0.39 is 6.04 Å². The summed E-state index contributed by atoms with van der Waals surface area (Å²) in [5.74, 6) is 0.144. The van der Waals surface area contributed by atoms with E-state index in [9.17, 15) is 9.59 Å². The van der Waals surface area contributed by atoms with Crippen LogP contribution in [0.5, 0.6) is 0 Å². The van der Waals surface area contributed by atoms with Gasteiger partial charge in [0.1, 0.15) is 6.04 Å². The Hall–Kier alpha value is -1.40. The SMILES string of the molecule is CC(C)C(N)CCN(C)C(=O)C(NC(=O)c1cccs1)C(C)C. The number of carbonyl (C=O) groups excluding carboxylic acids is 2. The summed E-state index contributed by atoms with van der Waals surface area (Å²) < 4.78 is 0. The van der Waals surface area contributed by atoms with Crippen LogP contribution in [0.15, 0.2) is 17.5 Å². The molecule has 1 heterocycles. The lowest BCUT2D eigenvalue weighted by atomic mass is 10.0. The van der Waals surface area contributed by atoms with Gasteiger partial charge in [-0.3, -0.25) is 9.59 Å². The second-order valence-corrected chi connectivity index (χ2v) is 7.58. The number of thiophene rings is 1. The van der Waals surface area contributed by atoms with Crippen molar-refractivity contribution in [2.45, 2.75) is 46.2 Å². The summed E-state index contributed by atoms with van der Waals surface area (Å²) in [7, 11) is 1.77. The first-order chi connectivity index (χ1) is 10.7. The maximum absolute atomic E-state index is 12.6. The van der Waals surface area contributed by atoms with E-state index in [1.807, 2.05) is 25.3 Å². The van der Waals surface area contributed by atoms with Gasteiger partial charge < -0.3 is 16.0 Å². The molecule has 0 aliphatic rings. The fourth-order valence-electron chi connectivity index (χ4n) is 2.16. The van der Waals surface area contributed by atoms with Gasteiger partial charge in [0.25, 0.3) is 5.91 Å². The van der Waals surface area contributed by atoms with Gasteiger partial charge in [-0.2, -0.15) is 0 Å². The van der Waals surface area contributed by atoms with Gasteiger partial charge >= 0.3 is 0 Å². The highest BCUT2D eigenvalue weighted by molar-refractivity contribution is 7.12. The minimum Gasteiger partial charge on any atom is -0.344 e. The first-order valence-corrected chi connectivity index (χ1v) is 8.97. The van der Waals surface area contributed by atoms with E-state index in [0.29, 0.717) is 17.3 Å². The lowest BCUT2D eigenvalue weighted by molar-refractivity contribution is -0.133. The third-order valence-corrected chi connectivity index (χ3v) is 4.86. The van der Waals surface area contributed by atoms with Crippen LogP contribution in [-0.4, -0.2) is 42.4 Å². The molecule has 2 atom stereocenters. The van der Waals surface area contributed by atoms with Crippen LogP contribution in [-0.2, 0) is 4.79 Å². The van der Waals surface area contributed by atoms with Crippen molar-refractivity contribution in [1.82, 2.24) is 10.2 Å². The molecule has 0 fully saturated rings. The van der Waals surface area contributed by atoms with Crippen molar-refractivity contribution in [3.05, 3.63) is 22.4 Å². The van der Waals surface area contributed by atoms with Gasteiger partial charge in [-0.05, 0) is 29.7 Å². The van der Waals surface area contributed by atoms with Crippen LogP contribution >= 0.6 is 11.3 Å². The zero-order valence-corrected chi connectivity index (χ0v) is 15.5. The average Bonchev–Trinajstić information content (AvgIpc) is 3.02. The Morgan fingerprint density at radius 3 is 2.39 bits per heavy atom. The predicted molar refractivity (Wildman–Crippen MR) is 95.5 cm³/mol. The topological polar surface area (TPSA) is 75.4 Å². The lowest BCUT2D eigenvalue weighted by Crippen LogP contribution is -2.50. The number of amides is 2. The maximum Gasteiger partial charge on any atom is 0.262 e. The highest BCUT2D eigenvalue weighted by Crippen LogP contribution is 2.12. The summed E-state index contributed by atoms with van der Waals surface area (Å²) >= 11 is 1.37. The molecule has 2 amide bonds. The van der Waals surface area contributed by atoms with Gasteiger partial charge in [0.05, 0.1) is 4.88 Å². The zero-order valence-electron chi connectivity index (χ0n) is 14.7. The molecule has 1 aromatic rings. The van der Waals surface area contributed by atoms with E-state index in [4.69, 9.17) is 5.73 Å². The number of carbonyl (C=O) groups is 2. The van der Waals surface area contributed by atoms with Gasteiger partial charge in [-0.25, -0.2) is 0 Å². The highest BCUT2D eigenvalue weighted by Gasteiger charge is 2.27.